The smallest absolute Gasteiger partial charge is 0.391 e. The molecular weight excluding hydrogens is 531 g/mol. The summed E-state index contributed by atoms with van der Waals surface area (Å²) in [7, 11) is 1.54. The van der Waals surface area contributed by atoms with Gasteiger partial charge in [-0.15, -0.1) is 0 Å². The number of anilines is 1. The van der Waals surface area contributed by atoms with Crippen LogP contribution in [-0.2, 0) is 6.54 Å². The number of halogens is 4. The van der Waals surface area contributed by atoms with Gasteiger partial charge in [0, 0.05) is 31.9 Å². The molecule has 2 aromatic rings. The van der Waals surface area contributed by atoms with E-state index in [0.29, 0.717) is 61.2 Å². The lowest BCUT2D eigenvalue weighted by Crippen LogP contribution is -2.31. The summed E-state index contributed by atoms with van der Waals surface area (Å²) in [6.07, 6.45) is 3.52. The van der Waals surface area contributed by atoms with Crippen molar-refractivity contribution in [2.75, 3.05) is 25.5 Å². The Hall–Kier alpha value is -2.49. The molecule has 2 aliphatic rings. The first-order chi connectivity index (χ1) is 18.6. The predicted octanol–water partition coefficient (Wildman–Crippen LogP) is 6.96. The number of nitrogens with one attached hydrogen (secondary N) is 2. The summed E-state index contributed by atoms with van der Waals surface area (Å²) in [6.45, 7) is 5.83. The van der Waals surface area contributed by atoms with Crippen molar-refractivity contribution in [3.63, 3.8) is 0 Å². The van der Waals surface area contributed by atoms with Crippen molar-refractivity contribution < 1.29 is 22.7 Å². The molecule has 0 unspecified atom stereocenters. The zero-order chi connectivity index (χ0) is 28.2. The minimum Gasteiger partial charge on any atom is -0.496 e. The van der Waals surface area contributed by atoms with Crippen molar-refractivity contribution in [2.45, 2.75) is 77.9 Å². The van der Waals surface area contributed by atoms with Gasteiger partial charge in [-0.3, -0.25) is 9.48 Å². The average Bonchev–Trinajstić information content (AvgIpc) is 3.26. The summed E-state index contributed by atoms with van der Waals surface area (Å²) < 4.78 is 46.2. The normalized spacial score (nSPS) is 23.9. The highest BCUT2D eigenvalue weighted by atomic mass is 35.5. The maximum atomic E-state index is 13.0. The topological polar surface area (TPSA) is 81.1 Å². The minimum absolute atomic E-state index is 0.158. The number of pyridine rings is 1. The SMILES string of the molecule is CCn1nc(C(=O)NCC2CCC(C)CC2)c(Cl)c1-c1cnc(NCC2CCC(C(F)(F)F)CC2)cc1OC. The van der Waals surface area contributed by atoms with E-state index in [9.17, 15) is 18.0 Å². The first kappa shape index (κ1) is 29.5. The van der Waals surface area contributed by atoms with Crippen molar-refractivity contribution in [1.82, 2.24) is 20.1 Å². The van der Waals surface area contributed by atoms with Crippen LogP contribution in [0.3, 0.4) is 0 Å². The van der Waals surface area contributed by atoms with Crippen LogP contribution in [0.25, 0.3) is 11.3 Å². The van der Waals surface area contributed by atoms with Crippen LogP contribution in [0.5, 0.6) is 5.75 Å². The Balaban J connectivity index is 1.43. The molecule has 0 aliphatic heterocycles. The number of carbonyl (C=O) groups is 1. The fraction of sp³-hybridized carbons (Fsp3) is 0.679. The van der Waals surface area contributed by atoms with Crippen LogP contribution in [-0.4, -0.2) is 47.0 Å². The Bertz CT molecular complexity index is 1120. The molecular formula is C28H39ClF3N5O2. The molecule has 2 N–H and O–H groups in total. The van der Waals surface area contributed by atoms with E-state index in [1.807, 2.05) is 6.92 Å². The molecule has 2 aliphatic carbocycles. The maximum absolute atomic E-state index is 13.0. The Kier molecular flexibility index (Phi) is 9.67. The minimum atomic E-state index is -4.11. The molecule has 1 amide bonds. The van der Waals surface area contributed by atoms with Crippen molar-refractivity contribution in [3.05, 3.63) is 23.0 Å². The van der Waals surface area contributed by atoms with E-state index in [-0.39, 0.29) is 35.4 Å². The maximum Gasteiger partial charge on any atom is 0.391 e. The molecule has 0 radical (unpaired) electrons. The summed E-state index contributed by atoms with van der Waals surface area (Å²) in [4.78, 5) is 17.5. The zero-order valence-electron chi connectivity index (χ0n) is 22.9. The summed E-state index contributed by atoms with van der Waals surface area (Å²) in [5.74, 6) is 0.962. The number of methoxy groups -OCH3 is 1. The Labute approximate surface area is 233 Å². The van der Waals surface area contributed by atoms with Crippen LogP contribution in [0, 0.1) is 23.7 Å². The molecule has 2 aromatic heterocycles. The first-order valence-electron chi connectivity index (χ1n) is 14.0. The molecule has 0 saturated heterocycles. The van der Waals surface area contributed by atoms with Gasteiger partial charge in [-0.2, -0.15) is 18.3 Å². The van der Waals surface area contributed by atoms with Crippen LogP contribution < -0.4 is 15.4 Å². The number of aromatic nitrogens is 3. The lowest BCUT2D eigenvalue weighted by Gasteiger charge is -2.30. The van der Waals surface area contributed by atoms with Crippen LogP contribution in [0.4, 0.5) is 19.0 Å². The second kappa shape index (κ2) is 12.8. The van der Waals surface area contributed by atoms with Gasteiger partial charge in [0.1, 0.15) is 11.6 Å². The third kappa shape index (κ3) is 7.18. The number of aryl methyl sites for hydroxylation is 1. The van der Waals surface area contributed by atoms with Crippen LogP contribution in [0.15, 0.2) is 12.3 Å². The number of hydrogen-bond acceptors (Lipinski definition) is 5. The number of carbonyl (C=O) groups excluding carboxylic acids is 1. The molecule has 0 bridgehead atoms. The van der Waals surface area contributed by atoms with Crippen molar-refractivity contribution >= 4 is 23.3 Å². The van der Waals surface area contributed by atoms with Gasteiger partial charge < -0.3 is 15.4 Å². The monoisotopic (exact) mass is 569 g/mol. The van der Waals surface area contributed by atoms with E-state index in [1.54, 1.807) is 24.1 Å². The Morgan fingerprint density at radius 3 is 2.36 bits per heavy atom. The number of alkyl halides is 3. The molecule has 0 aromatic carbocycles. The molecule has 0 atom stereocenters. The summed E-state index contributed by atoms with van der Waals surface area (Å²) in [5.41, 5.74) is 1.34. The highest BCUT2D eigenvalue weighted by Gasteiger charge is 2.41. The molecule has 7 nitrogen and oxygen atoms in total. The third-order valence-electron chi connectivity index (χ3n) is 8.32. The van der Waals surface area contributed by atoms with Gasteiger partial charge in [0.25, 0.3) is 5.91 Å². The van der Waals surface area contributed by atoms with Gasteiger partial charge in [0.05, 0.1) is 29.3 Å². The predicted molar refractivity (Wildman–Crippen MR) is 146 cm³/mol. The molecule has 0 spiro atoms. The fourth-order valence-corrected chi connectivity index (χ4v) is 6.07. The largest absolute Gasteiger partial charge is 0.496 e. The van der Waals surface area contributed by atoms with E-state index in [2.05, 4.69) is 27.6 Å². The van der Waals surface area contributed by atoms with E-state index >= 15 is 0 Å². The standard InChI is InChI=1S/C28H39ClF3N5O2/c1-4-37-26(24(29)25(36-37)27(38)35-15-18-7-5-17(2)6-8-18)21-16-34-23(13-22(21)39-3)33-14-19-9-11-20(12-10-19)28(30,31)32/h13,16-20H,4-12,14-15H2,1-3H3,(H,33,34)(H,35,38). The van der Waals surface area contributed by atoms with Crippen LogP contribution in [0.2, 0.25) is 5.02 Å². The van der Waals surface area contributed by atoms with Crippen molar-refractivity contribution in [2.24, 2.45) is 23.7 Å². The quantitative estimate of drug-likeness (QED) is 0.341. The van der Waals surface area contributed by atoms with Gasteiger partial charge in [-0.05, 0) is 63.2 Å². The lowest BCUT2D eigenvalue weighted by atomic mass is 9.81. The average molecular weight is 570 g/mol. The lowest BCUT2D eigenvalue weighted by molar-refractivity contribution is -0.183. The zero-order valence-corrected chi connectivity index (χ0v) is 23.7. The van der Waals surface area contributed by atoms with Gasteiger partial charge in [-0.1, -0.05) is 31.4 Å². The summed E-state index contributed by atoms with van der Waals surface area (Å²) >= 11 is 6.73. The van der Waals surface area contributed by atoms with E-state index in [0.717, 1.165) is 18.8 Å². The molecule has 2 fully saturated rings. The third-order valence-corrected chi connectivity index (χ3v) is 8.68. The number of nitrogens with zero attached hydrogens (tertiary/aromatic N) is 3. The van der Waals surface area contributed by atoms with Crippen LogP contribution >= 0.6 is 11.6 Å². The highest BCUT2D eigenvalue weighted by Crippen LogP contribution is 2.40. The van der Waals surface area contributed by atoms with Gasteiger partial charge in [0.2, 0.25) is 0 Å². The second-order valence-electron chi connectivity index (χ2n) is 11.1. The highest BCUT2D eigenvalue weighted by molar-refractivity contribution is 6.36. The van der Waals surface area contributed by atoms with Gasteiger partial charge >= 0.3 is 6.18 Å². The molecule has 2 saturated carbocycles. The van der Waals surface area contributed by atoms with E-state index in [4.69, 9.17) is 16.3 Å². The Morgan fingerprint density at radius 2 is 1.74 bits per heavy atom. The molecule has 39 heavy (non-hydrogen) atoms. The summed E-state index contributed by atoms with van der Waals surface area (Å²) in [6, 6.07) is 1.74. The molecule has 2 heterocycles. The second-order valence-corrected chi connectivity index (χ2v) is 11.5. The van der Waals surface area contributed by atoms with Gasteiger partial charge in [0.15, 0.2) is 5.69 Å². The van der Waals surface area contributed by atoms with E-state index in [1.165, 1.54) is 12.8 Å². The summed E-state index contributed by atoms with van der Waals surface area (Å²) in [5, 5.41) is 11.0. The van der Waals surface area contributed by atoms with Gasteiger partial charge in [-0.25, -0.2) is 4.98 Å². The first-order valence-corrected chi connectivity index (χ1v) is 14.4. The van der Waals surface area contributed by atoms with Crippen LogP contribution in [0.1, 0.15) is 75.7 Å². The fourth-order valence-electron chi connectivity index (χ4n) is 5.75. The molecule has 11 heteroatoms. The number of hydrogen-bond donors (Lipinski definition) is 2. The number of amides is 1. The molecule has 216 valence electrons. The van der Waals surface area contributed by atoms with E-state index < -0.39 is 12.1 Å². The Morgan fingerprint density at radius 1 is 1.10 bits per heavy atom. The van der Waals surface area contributed by atoms with Crippen molar-refractivity contribution in [3.8, 4) is 17.0 Å². The van der Waals surface area contributed by atoms with Crippen molar-refractivity contribution in [1.29, 1.82) is 0 Å². The number of ether oxygens (including phenoxy) is 1. The number of rotatable bonds is 9. The molecule has 4 rings (SSSR count).